The second kappa shape index (κ2) is 6.33. The first-order chi connectivity index (χ1) is 11.4. The average Bonchev–Trinajstić information content (AvgIpc) is 2.62. The Morgan fingerprint density at radius 2 is 0.833 bits per heavy atom. The van der Waals surface area contributed by atoms with Crippen molar-refractivity contribution in [1.82, 2.24) is 0 Å². The third-order valence-electron chi connectivity index (χ3n) is 4.20. The average molecular weight is 472 g/mol. The van der Waals surface area contributed by atoms with E-state index in [1.54, 1.807) is 72.8 Å². The molecule has 0 aromatic heterocycles. The van der Waals surface area contributed by atoms with Crippen LogP contribution in [0.15, 0.2) is 91.0 Å². The van der Waals surface area contributed by atoms with Crippen molar-refractivity contribution in [3.63, 3.8) is 0 Å². The maximum absolute atomic E-state index is 15.4. The predicted octanol–water partition coefficient (Wildman–Crippen LogP) is 5.77. The van der Waals surface area contributed by atoms with E-state index in [0.29, 0.717) is 15.9 Å². The summed E-state index contributed by atoms with van der Waals surface area (Å²) in [5, 5.41) is -2.53. The molecule has 3 rings (SSSR count). The van der Waals surface area contributed by atoms with Gasteiger partial charge in [-0.3, -0.25) is 0 Å². The van der Waals surface area contributed by atoms with Gasteiger partial charge >= 0.3 is 157 Å². The molecule has 0 saturated carbocycles. The molecule has 124 valence electrons. The molecule has 5 heteroatoms. The molecule has 0 aliphatic rings. The first-order valence-corrected chi connectivity index (χ1v) is 12.4. The van der Waals surface area contributed by atoms with Crippen LogP contribution in [0.2, 0.25) is 0 Å². The first kappa shape index (κ1) is 17.7. The molecule has 0 atom stereocenters. The van der Waals surface area contributed by atoms with E-state index in [1.807, 2.05) is 18.2 Å². The van der Waals surface area contributed by atoms with E-state index in [2.05, 4.69) is 31.4 Å². The number of hydrogen-bond donors (Lipinski definition) is 0. The van der Waals surface area contributed by atoms with Gasteiger partial charge in [0.2, 0.25) is 0 Å². The Morgan fingerprint density at radius 3 is 1.04 bits per heavy atom. The maximum atomic E-state index is 15.4. The fourth-order valence-electron chi connectivity index (χ4n) is 3.01. The van der Waals surface area contributed by atoms with Gasteiger partial charge in [0.15, 0.2) is 0 Å². The van der Waals surface area contributed by atoms with Crippen LogP contribution in [-0.2, 0) is 0 Å². The Labute approximate surface area is 156 Å². The van der Waals surface area contributed by atoms with Crippen molar-refractivity contribution in [3.8, 4) is 0 Å². The molecule has 0 bridgehead atoms. The quantitative estimate of drug-likeness (QED) is 0.334. The summed E-state index contributed by atoms with van der Waals surface area (Å²) in [4.78, 5) is 0. The Morgan fingerprint density at radius 1 is 0.583 bits per heavy atom. The van der Waals surface area contributed by atoms with Crippen molar-refractivity contribution in [2.24, 2.45) is 0 Å². The van der Waals surface area contributed by atoms with Crippen molar-refractivity contribution in [3.05, 3.63) is 91.0 Å². The van der Waals surface area contributed by atoms with E-state index in [4.69, 9.17) is 0 Å². The normalized spacial score (nSPS) is 13.9. The molecule has 0 heterocycles. The zero-order chi connectivity index (χ0) is 17.3. The minimum atomic E-state index is -4.24. The van der Waals surface area contributed by atoms with Gasteiger partial charge in [0.1, 0.15) is 0 Å². The van der Waals surface area contributed by atoms with Crippen molar-refractivity contribution in [1.29, 1.82) is 0 Å². The number of hydrogen-bond acceptors (Lipinski definition) is 0. The van der Waals surface area contributed by atoms with Crippen LogP contribution in [0.4, 0.5) is 8.78 Å². The van der Waals surface area contributed by atoms with Crippen LogP contribution < -0.4 is 15.9 Å². The van der Waals surface area contributed by atoms with Crippen LogP contribution in [0.1, 0.15) is 0 Å². The van der Waals surface area contributed by atoms with Crippen LogP contribution in [-0.4, -0.2) is 4.57 Å². The number of halogens is 4. The van der Waals surface area contributed by atoms with E-state index < -0.39 is 9.88 Å². The molecule has 0 fully saturated rings. The van der Waals surface area contributed by atoms with E-state index >= 15 is 8.78 Å². The summed E-state index contributed by atoms with van der Waals surface area (Å²) in [6.45, 7) is 0. The number of rotatable bonds is 4. The molecule has 0 radical (unpaired) electrons. The monoisotopic (exact) mass is 470 g/mol. The standard InChI is InChI=1S/C19H15Br2F2P/c20-19(22,23)24(21,16-10-4-1-5-11-16,17-12-6-2-7-13-17)18-14-8-3-9-15-18/h1-15H. The van der Waals surface area contributed by atoms with E-state index in [0.717, 1.165) is 0 Å². The number of alkyl halides is 3. The van der Waals surface area contributed by atoms with Gasteiger partial charge in [-0.25, -0.2) is 0 Å². The molecule has 24 heavy (non-hydrogen) atoms. The van der Waals surface area contributed by atoms with Crippen LogP contribution in [0.5, 0.6) is 0 Å². The van der Waals surface area contributed by atoms with Crippen molar-refractivity contribution < 1.29 is 8.78 Å². The summed E-state index contributed by atoms with van der Waals surface area (Å²) >= 11 is 6.42. The minimum absolute atomic E-state index is 0.572. The van der Waals surface area contributed by atoms with Crippen LogP contribution in [0.25, 0.3) is 0 Å². The van der Waals surface area contributed by atoms with Gasteiger partial charge in [-0.05, 0) is 0 Å². The van der Waals surface area contributed by atoms with Crippen molar-refractivity contribution in [2.75, 3.05) is 0 Å². The summed E-state index contributed by atoms with van der Waals surface area (Å²) in [6, 6.07) is 26.9. The first-order valence-electron chi connectivity index (χ1n) is 7.36. The van der Waals surface area contributed by atoms with Gasteiger partial charge in [-0.1, -0.05) is 0 Å². The topological polar surface area (TPSA) is 0 Å². The van der Waals surface area contributed by atoms with E-state index in [1.165, 1.54) is 0 Å². The molecule has 0 spiro atoms. The van der Waals surface area contributed by atoms with Gasteiger partial charge in [-0.15, -0.1) is 0 Å². The molecule has 0 amide bonds. The molecule has 0 aliphatic carbocycles. The van der Waals surface area contributed by atoms with Crippen LogP contribution in [0.3, 0.4) is 0 Å². The third-order valence-corrected chi connectivity index (χ3v) is 17.5. The predicted molar refractivity (Wildman–Crippen MR) is 108 cm³/mol. The summed E-state index contributed by atoms with van der Waals surface area (Å²) in [6.07, 6.45) is 0. The Balaban J connectivity index is 2.53. The molecule has 0 saturated heterocycles. The third kappa shape index (κ3) is 2.39. The fraction of sp³-hybridized carbons (Fsp3) is 0.0526. The SMILES string of the molecule is FC(F)(Br)P(Br)(c1ccccc1)(c1ccccc1)c1ccccc1. The van der Waals surface area contributed by atoms with Gasteiger partial charge < -0.3 is 0 Å². The number of benzene rings is 3. The van der Waals surface area contributed by atoms with Crippen LogP contribution >= 0.6 is 36.7 Å². The molecule has 3 aromatic rings. The van der Waals surface area contributed by atoms with E-state index in [9.17, 15) is 0 Å². The van der Waals surface area contributed by atoms with Gasteiger partial charge in [-0.2, -0.15) is 0 Å². The molecule has 0 unspecified atom stereocenters. The Hall–Kier alpha value is -1.09. The molecular weight excluding hydrogens is 457 g/mol. The summed E-state index contributed by atoms with van der Waals surface area (Å²) < 4.78 is 27.6. The Kier molecular flexibility index (Phi) is 4.67. The molecule has 0 N–H and O–H groups in total. The van der Waals surface area contributed by atoms with Gasteiger partial charge in [0.25, 0.3) is 0 Å². The van der Waals surface area contributed by atoms with Crippen molar-refractivity contribution in [2.45, 2.75) is 4.57 Å². The molecule has 0 aliphatic heterocycles. The molecule has 0 nitrogen and oxygen atoms in total. The summed E-state index contributed by atoms with van der Waals surface area (Å²) in [5.74, 6) is 0. The van der Waals surface area contributed by atoms with E-state index in [-0.39, 0.29) is 0 Å². The van der Waals surface area contributed by atoms with Crippen molar-refractivity contribution >= 4 is 52.6 Å². The second-order valence-electron chi connectivity index (χ2n) is 5.48. The van der Waals surface area contributed by atoms with Gasteiger partial charge in [0, 0.05) is 0 Å². The zero-order valence-electron chi connectivity index (χ0n) is 12.6. The summed E-state index contributed by atoms with van der Waals surface area (Å²) in [7, 11) is 0. The van der Waals surface area contributed by atoms with Gasteiger partial charge in [0.05, 0.1) is 0 Å². The molecule has 3 aromatic carbocycles. The summed E-state index contributed by atoms with van der Waals surface area (Å²) in [5.41, 5.74) is 0. The van der Waals surface area contributed by atoms with Crippen LogP contribution in [0, 0.1) is 0 Å². The Bertz CT molecular complexity index is 719. The fourth-order valence-corrected chi connectivity index (χ4v) is 10.9. The zero-order valence-corrected chi connectivity index (χ0v) is 16.7. The molecular formula is C19H15Br2F2P. The second-order valence-corrected chi connectivity index (χ2v) is 15.5.